The second kappa shape index (κ2) is 11.2. The molecule has 2 atom stereocenters. The summed E-state index contributed by atoms with van der Waals surface area (Å²) in [6, 6.07) is 5.39. The van der Waals surface area contributed by atoms with Crippen LogP contribution in [0.1, 0.15) is 57.8 Å². The van der Waals surface area contributed by atoms with E-state index >= 15 is 0 Å². The molecule has 1 aromatic heterocycles. The van der Waals surface area contributed by atoms with Crippen molar-refractivity contribution in [3.05, 3.63) is 57.0 Å². The number of carboxylic acid groups (broad SMARTS) is 2. The lowest BCUT2D eigenvalue weighted by molar-refractivity contribution is -0.147. The topological polar surface area (TPSA) is 171 Å². The van der Waals surface area contributed by atoms with Gasteiger partial charge in [0.15, 0.2) is 0 Å². The van der Waals surface area contributed by atoms with Crippen molar-refractivity contribution in [1.29, 1.82) is 5.41 Å². The largest absolute Gasteiger partial charge is 0.481 e. The van der Waals surface area contributed by atoms with Gasteiger partial charge in [-0.3, -0.25) is 19.8 Å². The van der Waals surface area contributed by atoms with Gasteiger partial charge >= 0.3 is 11.9 Å². The van der Waals surface area contributed by atoms with Crippen LogP contribution in [0.25, 0.3) is 0 Å². The van der Waals surface area contributed by atoms with E-state index in [-0.39, 0.29) is 34.2 Å². The van der Waals surface area contributed by atoms with Gasteiger partial charge in [0.2, 0.25) is 11.7 Å². The molecule has 1 fully saturated rings. The molecule has 11 heteroatoms. The summed E-state index contributed by atoms with van der Waals surface area (Å²) in [5.74, 6) is -5.51. The molecule has 2 aromatic rings. The second-order valence-corrected chi connectivity index (χ2v) is 9.72. The van der Waals surface area contributed by atoms with Gasteiger partial charge in [0, 0.05) is 16.4 Å². The van der Waals surface area contributed by atoms with E-state index in [0.717, 1.165) is 43.1 Å². The highest BCUT2D eigenvalue weighted by atomic mass is 32.1. The summed E-state index contributed by atoms with van der Waals surface area (Å²) in [5, 5.41) is 28.0. The van der Waals surface area contributed by atoms with Crippen LogP contribution in [-0.4, -0.2) is 45.7 Å². The van der Waals surface area contributed by atoms with Gasteiger partial charge in [-0.25, -0.2) is 9.18 Å². The molecule has 1 aromatic carbocycles. The molecule has 1 heterocycles. The molecular weight excluding hydrogens is 477 g/mol. The third-order valence-electron chi connectivity index (χ3n) is 6.13. The van der Waals surface area contributed by atoms with Gasteiger partial charge in [0.25, 0.3) is 0 Å². The summed E-state index contributed by atoms with van der Waals surface area (Å²) in [5.41, 5.74) is 5.36. The number of hydrogen-bond donors (Lipinski definition) is 5. The highest BCUT2D eigenvalue weighted by molar-refractivity contribution is 7.14. The van der Waals surface area contributed by atoms with E-state index in [1.807, 2.05) is 0 Å². The Balaban J connectivity index is 1.78. The number of nitrogens with two attached hydrogens (primary N) is 1. The van der Waals surface area contributed by atoms with Gasteiger partial charge in [-0.1, -0.05) is 18.9 Å². The Labute approximate surface area is 204 Å². The number of carboxylic acids is 2. The second-order valence-electron chi connectivity index (χ2n) is 8.56. The Bertz CT molecular complexity index is 1160. The number of amidine groups is 1. The smallest absolute Gasteiger partial charge is 0.326 e. The molecule has 1 amide bonds. The SMILES string of the molecule is N=C(N)c1ccc(C(=O)c2ccc(CC(C(=O)N[C@@H](CC(=O)O)C(=O)O)C3CCCC3)s2)c(F)c1. The number of rotatable bonds is 11. The van der Waals surface area contributed by atoms with Crippen LogP contribution in [0.3, 0.4) is 0 Å². The monoisotopic (exact) mass is 503 g/mol. The maximum Gasteiger partial charge on any atom is 0.326 e. The minimum atomic E-state index is -1.54. The third kappa shape index (κ3) is 6.50. The maximum absolute atomic E-state index is 14.4. The van der Waals surface area contributed by atoms with Gasteiger partial charge in [-0.05, 0) is 49.4 Å². The van der Waals surface area contributed by atoms with Gasteiger partial charge in [-0.2, -0.15) is 0 Å². The van der Waals surface area contributed by atoms with Crippen LogP contribution < -0.4 is 11.1 Å². The molecular formula is C24H26FN3O6S. The first-order valence-corrected chi connectivity index (χ1v) is 11.9. The Morgan fingerprint density at radius 2 is 1.83 bits per heavy atom. The van der Waals surface area contributed by atoms with E-state index in [4.69, 9.17) is 16.2 Å². The summed E-state index contributed by atoms with van der Waals surface area (Å²) in [6.07, 6.45) is 2.98. The lowest BCUT2D eigenvalue weighted by atomic mass is 9.86. The minimum absolute atomic E-state index is 0.00657. The summed E-state index contributed by atoms with van der Waals surface area (Å²) >= 11 is 1.12. The number of benzene rings is 1. The van der Waals surface area contributed by atoms with E-state index in [2.05, 4.69) is 5.32 Å². The molecule has 0 radical (unpaired) electrons. The van der Waals surface area contributed by atoms with Crippen LogP contribution >= 0.6 is 11.3 Å². The molecule has 6 N–H and O–H groups in total. The highest BCUT2D eigenvalue weighted by Gasteiger charge is 2.34. The number of halogens is 1. The van der Waals surface area contributed by atoms with Crippen LogP contribution in [-0.2, 0) is 20.8 Å². The van der Waals surface area contributed by atoms with Crippen LogP contribution in [0.15, 0.2) is 30.3 Å². The van der Waals surface area contributed by atoms with Gasteiger partial charge in [-0.15, -0.1) is 11.3 Å². The Kier molecular flexibility index (Phi) is 8.34. The third-order valence-corrected chi connectivity index (χ3v) is 7.24. The predicted molar refractivity (Wildman–Crippen MR) is 126 cm³/mol. The number of carbonyl (C=O) groups excluding carboxylic acids is 2. The number of carbonyl (C=O) groups is 4. The number of nitrogen functional groups attached to an aromatic ring is 1. The van der Waals surface area contributed by atoms with E-state index in [1.165, 1.54) is 12.1 Å². The average molecular weight is 504 g/mol. The highest BCUT2D eigenvalue weighted by Crippen LogP contribution is 2.35. The molecule has 186 valence electrons. The summed E-state index contributed by atoms with van der Waals surface area (Å²) in [6.45, 7) is 0. The predicted octanol–water partition coefficient (Wildman–Crippen LogP) is 2.80. The van der Waals surface area contributed by atoms with Gasteiger partial charge in [0.05, 0.1) is 16.9 Å². The van der Waals surface area contributed by atoms with E-state index in [9.17, 15) is 28.7 Å². The first-order chi connectivity index (χ1) is 16.6. The van der Waals surface area contributed by atoms with Gasteiger partial charge < -0.3 is 21.3 Å². The molecule has 0 bridgehead atoms. The fraction of sp³-hybridized carbons (Fsp3) is 0.375. The minimum Gasteiger partial charge on any atom is -0.481 e. The van der Waals surface area contributed by atoms with E-state index in [1.54, 1.807) is 12.1 Å². The molecule has 0 saturated heterocycles. The van der Waals surface area contributed by atoms with Crippen molar-refractivity contribution in [3.8, 4) is 0 Å². The van der Waals surface area contributed by atoms with Crippen molar-refractivity contribution in [1.82, 2.24) is 5.32 Å². The molecule has 3 rings (SSSR count). The Morgan fingerprint density at radius 3 is 2.40 bits per heavy atom. The summed E-state index contributed by atoms with van der Waals surface area (Å²) < 4.78 is 14.4. The zero-order valence-corrected chi connectivity index (χ0v) is 19.6. The maximum atomic E-state index is 14.4. The molecule has 1 unspecified atom stereocenters. The van der Waals surface area contributed by atoms with Crippen LogP contribution in [0, 0.1) is 23.1 Å². The summed E-state index contributed by atoms with van der Waals surface area (Å²) in [4.78, 5) is 49.2. The zero-order chi connectivity index (χ0) is 25.7. The quantitative estimate of drug-likeness (QED) is 0.178. The Morgan fingerprint density at radius 1 is 1.14 bits per heavy atom. The normalized spacial score (nSPS) is 15.3. The molecule has 0 spiro atoms. The first-order valence-electron chi connectivity index (χ1n) is 11.1. The van der Waals surface area contributed by atoms with Crippen LogP contribution in [0.5, 0.6) is 0 Å². The number of aliphatic carboxylic acids is 2. The lowest BCUT2D eigenvalue weighted by Gasteiger charge is -2.24. The van der Waals surface area contributed by atoms with Gasteiger partial charge in [0.1, 0.15) is 17.7 Å². The summed E-state index contributed by atoms with van der Waals surface area (Å²) in [7, 11) is 0. The van der Waals surface area contributed by atoms with Crippen molar-refractivity contribution >= 4 is 40.8 Å². The van der Waals surface area contributed by atoms with E-state index < -0.39 is 47.8 Å². The average Bonchev–Trinajstić information content (AvgIpc) is 3.48. The number of ketones is 1. The molecule has 1 aliphatic rings. The van der Waals surface area contributed by atoms with E-state index in [0.29, 0.717) is 4.88 Å². The first kappa shape index (κ1) is 26.0. The molecule has 9 nitrogen and oxygen atoms in total. The molecule has 0 aliphatic heterocycles. The van der Waals surface area contributed by atoms with Crippen LogP contribution in [0.4, 0.5) is 4.39 Å². The number of amides is 1. The zero-order valence-electron chi connectivity index (χ0n) is 18.8. The fourth-order valence-electron chi connectivity index (χ4n) is 4.31. The fourth-order valence-corrected chi connectivity index (χ4v) is 5.33. The molecule has 1 saturated carbocycles. The van der Waals surface area contributed by atoms with Crippen molar-refractivity contribution in [2.75, 3.05) is 0 Å². The number of nitrogens with one attached hydrogen (secondary N) is 2. The van der Waals surface area contributed by atoms with Crippen LogP contribution in [0.2, 0.25) is 0 Å². The van der Waals surface area contributed by atoms with Crippen molar-refractivity contribution in [2.45, 2.75) is 44.6 Å². The molecule has 35 heavy (non-hydrogen) atoms. The lowest BCUT2D eigenvalue weighted by Crippen LogP contribution is -2.46. The number of hydrogen-bond acceptors (Lipinski definition) is 6. The van der Waals surface area contributed by atoms with Crippen molar-refractivity contribution in [2.24, 2.45) is 17.6 Å². The van der Waals surface area contributed by atoms with Crippen molar-refractivity contribution in [3.63, 3.8) is 0 Å². The Hall–Kier alpha value is -3.60. The number of thiophene rings is 1. The standard InChI is InChI=1S/C24H26FN3O6S/c25-17-9-13(22(26)27)5-7-15(17)21(31)19-8-6-14(35-19)10-16(12-3-1-2-4-12)23(32)28-18(24(33)34)11-20(29)30/h5-9,12,16,18H,1-4,10-11H2,(H3,26,27)(H,28,32)(H,29,30)(H,33,34)/t16?,18-/m0/s1. The molecule has 1 aliphatic carbocycles. The van der Waals surface area contributed by atoms with Crippen molar-refractivity contribution < 1.29 is 33.8 Å².